The minimum atomic E-state index is -0.640. The van der Waals surface area contributed by atoms with Crippen LogP contribution >= 0.6 is 0 Å². The summed E-state index contributed by atoms with van der Waals surface area (Å²) >= 11 is 0. The first-order chi connectivity index (χ1) is 9.12. The van der Waals surface area contributed by atoms with Crippen LogP contribution in [0.15, 0.2) is 18.2 Å². The molecule has 0 saturated heterocycles. The van der Waals surface area contributed by atoms with Gasteiger partial charge in [0.05, 0.1) is 14.2 Å². The molecule has 0 fully saturated rings. The van der Waals surface area contributed by atoms with E-state index in [1.165, 1.54) is 7.11 Å². The van der Waals surface area contributed by atoms with Gasteiger partial charge >= 0.3 is 5.97 Å². The molecule has 0 saturated carbocycles. The quantitative estimate of drug-likeness (QED) is 0.763. The van der Waals surface area contributed by atoms with Gasteiger partial charge in [-0.2, -0.15) is 0 Å². The Morgan fingerprint density at radius 1 is 1.37 bits per heavy atom. The molecule has 106 valence electrons. The highest BCUT2D eigenvalue weighted by Gasteiger charge is 2.16. The fourth-order valence-electron chi connectivity index (χ4n) is 1.60. The Balaban J connectivity index is 2.88. The normalized spacial score (nSPS) is 11.8. The molecule has 5 heteroatoms. The first kappa shape index (κ1) is 15.3. The van der Waals surface area contributed by atoms with Crippen LogP contribution in [0.2, 0.25) is 0 Å². The average molecular weight is 267 g/mol. The Kier molecular flexibility index (Phi) is 6.15. The van der Waals surface area contributed by atoms with E-state index in [2.05, 4.69) is 10.1 Å². The van der Waals surface area contributed by atoms with Crippen LogP contribution in [0.4, 0.5) is 0 Å². The number of nitrogens with one attached hydrogen (secondary N) is 1. The van der Waals surface area contributed by atoms with Crippen LogP contribution in [0.25, 0.3) is 0 Å². The van der Waals surface area contributed by atoms with Crippen molar-refractivity contribution in [1.29, 1.82) is 0 Å². The van der Waals surface area contributed by atoms with Crippen LogP contribution in [-0.4, -0.2) is 32.8 Å². The lowest BCUT2D eigenvalue weighted by atomic mass is 10.2. The number of methoxy groups -OCH3 is 2. The van der Waals surface area contributed by atoms with Crippen LogP contribution in [-0.2, 0) is 16.1 Å². The zero-order valence-electron chi connectivity index (χ0n) is 11.9. The third kappa shape index (κ3) is 4.44. The number of benzene rings is 1. The lowest BCUT2D eigenvalue weighted by molar-refractivity contribution is -0.147. The minimum absolute atomic E-state index is 0.398. The van der Waals surface area contributed by atoms with Gasteiger partial charge in [0.1, 0.15) is 11.5 Å². The summed E-state index contributed by atoms with van der Waals surface area (Å²) in [6, 6.07) is 5.49. The maximum atomic E-state index is 11.4. The van der Waals surface area contributed by atoms with Gasteiger partial charge in [-0.15, -0.1) is 0 Å². The predicted molar refractivity (Wildman–Crippen MR) is 72.5 cm³/mol. The van der Waals surface area contributed by atoms with E-state index in [0.717, 1.165) is 17.9 Å². The molecule has 0 aliphatic rings. The van der Waals surface area contributed by atoms with Crippen LogP contribution in [0, 0.1) is 0 Å². The largest absolute Gasteiger partial charge is 0.497 e. The maximum absolute atomic E-state index is 11.4. The first-order valence-electron chi connectivity index (χ1n) is 6.24. The zero-order chi connectivity index (χ0) is 14.3. The Hall–Kier alpha value is -1.75. The molecule has 1 aromatic carbocycles. The van der Waals surface area contributed by atoms with Gasteiger partial charge in [-0.05, 0) is 31.7 Å². The summed E-state index contributed by atoms with van der Waals surface area (Å²) in [4.78, 5) is 11.4. The predicted octanol–water partition coefficient (Wildman–Crippen LogP) is 1.74. The molecule has 0 spiro atoms. The molecule has 0 aliphatic carbocycles. The van der Waals surface area contributed by atoms with Gasteiger partial charge in [-0.1, -0.05) is 6.92 Å². The maximum Gasteiger partial charge on any atom is 0.346 e. The number of carbonyl (C=O) groups is 1. The van der Waals surface area contributed by atoms with Crippen molar-refractivity contribution < 1.29 is 19.0 Å². The van der Waals surface area contributed by atoms with Crippen LogP contribution in [0.3, 0.4) is 0 Å². The van der Waals surface area contributed by atoms with E-state index >= 15 is 0 Å². The second-order valence-electron chi connectivity index (χ2n) is 4.04. The SMILES string of the molecule is CCNCc1cc(OC)ccc1OC(C)C(=O)OC. The lowest BCUT2D eigenvalue weighted by Gasteiger charge is -2.16. The number of hydrogen-bond donors (Lipinski definition) is 1. The number of ether oxygens (including phenoxy) is 3. The number of rotatable bonds is 7. The van der Waals surface area contributed by atoms with Crippen molar-refractivity contribution in [2.24, 2.45) is 0 Å². The van der Waals surface area contributed by atoms with Gasteiger partial charge in [0.15, 0.2) is 6.10 Å². The Morgan fingerprint density at radius 2 is 2.11 bits per heavy atom. The molecule has 1 N–H and O–H groups in total. The highest BCUT2D eigenvalue weighted by atomic mass is 16.6. The highest BCUT2D eigenvalue weighted by molar-refractivity contribution is 5.74. The van der Waals surface area contributed by atoms with Crippen molar-refractivity contribution in [1.82, 2.24) is 5.32 Å². The van der Waals surface area contributed by atoms with Gasteiger partial charge in [0.25, 0.3) is 0 Å². The molecular formula is C14H21NO4. The van der Waals surface area contributed by atoms with Gasteiger partial charge in [0.2, 0.25) is 0 Å². The summed E-state index contributed by atoms with van der Waals surface area (Å²) in [5.74, 6) is 1.01. The smallest absolute Gasteiger partial charge is 0.346 e. The molecule has 5 nitrogen and oxygen atoms in total. The van der Waals surface area contributed by atoms with Crippen molar-refractivity contribution in [2.45, 2.75) is 26.5 Å². The third-order valence-corrected chi connectivity index (χ3v) is 2.67. The van der Waals surface area contributed by atoms with Crippen LogP contribution in [0.5, 0.6) is 11.5 Å². The monoisotopic (exact) mass is 267 g/mol. The lowest BCUT2D eigenvalue weighted by Crippen LogP contribution is -2.25. The number of hydrogen-bond acceptors (Lipinski definition) is 5. The minimum Gasteiger partial charge on any atom is -0.497 e. The van der Waals surface area contributed by atoms with Gasteiger partial charge < -0.3 is 19.5 Å². The summed E-state index contributed by atoms with van der Waals surface area (Å²) in [5.41, 5.74) is 0.942. The standard InChI is InChI=1S/C14H21NO4/c1-5-15-9-11-8-12(17-3)6-7-13(11)19-10(2)14(16)18-4/h6-8,10,15H,5,9H2,1-4H3. The Labute approximate surface area is 113 Å². The van der Waals surface area contributed by atoms with Gasteiger partial charge in [0, 0.05) is 12.1 Å². The van der Waals surface area contributed by atoms with Crippen LogP contribution in [0.1, 0.15) is 19.4 Å². The molecule has 0 radical (unpaired) electrons. The van der Waals surface area contributed by atoms with E-state index < -0.39 is 12.1 Å². The Bertz CT molecular complexity index is 420. The van der Waals surface area contributed by atoms with Crippen molar-refractivity contribution >= 4 is 5.97 Å². The van der Waals surface area contributed by atoms with Crippen molar-refractivity contribution in [3.05, 3.63) is 23.8 Å². The van der Waals surface area contributed by atoms with E-state index in [4.69, 9.17) is 9.47 Å². The molecule has 1 aromatic rings. The van der Waals surface area contributed by atoms with E-state index in [1.54, 1.807) is 26.2 Å². The summed E-state index contributed by atoms with van der Waals surface area (Å²) in [6.45, 7) is 5.19. The Morgan fingerprint density at radius 3 is 2.68 bits per heavy atom. The molecule has 0 heterocycles. The zero-order valence-corrected chi connectivity index (χ0v) is 11.9. The fraction of sp³-hybridized carbons (Fsp3) is 0.500. The second-order valence-corrected chi connectivity index (χ2v) is 4.04. The van der Waals surface area contributed by atoms with Gasteiger partial charge in [-0.3, -0.25) is 0 Å². The van der Waals surface area contributed by atoms with Crippen molar-refractivity contribution in [3.63, 3.8) is 0 Å². The molecule has 0 aliphatic heterocycles. The van der Waals surface area contributed by atoms with Gasteiger partial charge in [-0.25, -0.2) is 4.79 Å². The molecule has 1 rings (SSSR count). The van der Waals surface area contributed by atoms with E-state index in [9.17, 15) is 4.79 Å². The highest BCUT2D eigenvalue weighted by Crippen LogP contribution is 2.25. The molecule has 0 aromatic heterocycles. The molecular weight excluding hydrogens is 246 g/mol. The van der Waals surface area contributed by atoms with Crippen molar-refractivity contribution in [2.75, 3.05) is 20.8 Å². The van der Waals surface area contributed by atoms with E-state index in [0.29, 0.717) is 12.3 Å². The fourth-order valence-corrected chi connectivity index (χ4v) is 1.60. The van der Waals surface area contributed by atoms with Crippen molar-refractivity contribution in [3.8, 4) is 11.5 Å². The molecule has 0 amide bonds. The molecule has 1 unspecified atom stereocenters. The molecule has 0 bridgehead atoms. The molecule has 1 atom stereocenters. The summed E-state index contributed by atoms with van der Waals surface area (Å²) in [7, 11) is 2.96. The van der Waals surface area contributed by atoms with E-state index in [1.807, 2.05) is 13.0 Å². The first-order valence-corrected chi connectivity index (χ1v) is 6.24. The topological polar surface area (TPSA) is 56.8 Å². The third-order valence-electron chi connectivity index (χ3n) is 2.67. The van der Waals surface area contributed by atoms with Crippen LogP contribution < -0.4 is 14.8 Å². The summed E-state index contributed by atoms with van der Waals surface area (Å²) in [5, 5.41) is 3.22. The number of esters is 1. The summed E-state index contributed by atoms with van der Waals surface area (Å²) < 4.78 is 15.5. The average Bonchev–Trinajstić information content (AvgIpc) is 2.45. The van der Waals surface area contributed by atoms with E-state index in [-0.39, 0.29) is 0 Å². The number of carbonyl (C=O) groups excluding carboxylic acids is 1. The summed E-state index contributed by atoms with van der Waals surface area (Å²) in [6.07, 6.45) is -0.640. The second kappa shape index (κ2) is 7.63. The molecule has 19 heavy (non-hydrogen) atoms.